The van der Waals surface area contributed by atoms with Gasteiger partial charge in [-0.05, 0) is 15.9 Å². The highest BCUT2D eigenvalue weighted by Gasteiger charge is 2.22. The SMILES string of the molecule is O=C(Nc1cnc(Br)cn1)C1CSCN1. The van der Waals surface area contributed by atoms with E-state index >= 15 is 0 Å². The Kier molecular flexibility index (Phi) is 3.55. The first kappa shape index (κ1) is 10.8. The molecule has 0 aromatic carbocycles. The number of carbonyl (C=O) groups is 1. The average molecular weight is 289 g/mol. The summed E-state index contributed by atoms with van der Waals surface area (Å²) in [5, 5.41) is 5.78. The minimum Gasteiger partial charge on any atom is -0.308 e. The predicted octanol–water partition coefficient (Wildman–Crippen LogP) is 0.840. The van der Waals surface area contributed by atoms with Gasteiger partial charge in [0.2, 0.25) is 5.91 Å². The minimum atomic E-state index is -0.125. The third-order valence-corrected chi connectivity index (χ3v) is 3.25. The third-order valence-electron chi connectivity index (χ3n) is 1.90. The quantitative estimate of drug-likeness (QED) is 0.844. The van der Waals surface area contributed by atoms with E-state index in [4.69, 9.17) is 0 Å². The summed E-state index contributed by atoms with van der Waals surface area (Å²) in [5.74, 6) is 2.04. The van der Waals surface area contributed by atoms with Gasteiger partial charge in [-0.1, -0.05) is 0 Å². The fraction of sp³-hybridized carbons (Fsp3) is 0.375. The summed E-state index contributed by atoms with van der Waals surface area (Å²) in [6.45, 7) is 0. The van der Waals surface area contributed by atoms with Crippen LogP contribution in [0.5, 0.6) is 0 Å². The van der Waals surface area contributed by atoms with Crippen molar-refractivity contribution in [1.82, 2.24) is 15.3 Å². The lowest BCUT2D eigenvalue weighted by molar-refractivity contribution is -0.117. The first-order valence-electron chi connectivity index (χ1n) is 4.35. The topological polar surface area (TPSA) is 66.9 Å². The van der Waals surface area contributed by atoms with Crippen molar-refractivity contribution in [2.45, 2.75) is 6.04 Å². The van der Waals surface area contributed by atoms with E-state index in [-0.39, 0.29) is 11.9 Å². The van der Waals surface area contributed by atoms with Crippen molar-refractivity contribution in [2.24, 2.45) is 0 Å². The van der Waals surface area contributed by atoms with Gasteiger partial charge in [0.1, 0.15) is 4.60 Å². The first-order chi connectivity index (χ1) is 7.25. The molecule has 0 radical (unpaired) electrons. The number of anilines is 1. The first-order valence-corrected chi connectivity index (χ1v) is 6.30. The van der Waals surface area contributed by atoms with Gasteiger partial charge in [0.15, 0.2) is 5.82 Å². The van der Waals surface area contributed by atoms with E-state index < -0.39 is 0 Å². The van der Waals surface area contributed by atoms with E-state index in [1.165, 1.54) is 6.20 Å². The van der Waals surface area contributed by atoms with Gasteiger partial charge in [0.05, 0.1) is 18.4 Å². The second-order valence-electron chi connectivity index (χ2n) is 2.99. The number of hydrogen-bond donors (Lipinski definition) is 2. The fourth-order valence-electron chi connectivity index (χ4n) is 1.15. The van der Waals surface area contributed by atoms with Gasteiger partial charge in [-0.2, -0.15) is 0 Å². The summed E-state index contributed by atoms with van der Waals surface area (Å²) < 4.78 is 0.648. The highest BCUT2D eigenvalue weighted by atomic mass is 79.9. The van der Waals surface area contributed by atoms with E-state index in [2.05, 4.69) is 36.5 Å². The number of halogens is 1. The molecule has 2 rings (SSSR count). The van der Waals surface area contributed by atoms with Gasteiger partial charge in [0.25, 0.3) is 0 Å². The number of rotatable bonds is 2. The Bertz CT molecular complexity index is 352. The molecule has 1 aliphatic heterocycles. The molecule has 1 aliphatic rings. The zero-order chi connectivity index (χ0) is 10.7. The van der Waals surface area contributed by atoms with Crippen LogP contribution in [0.4, 0.5) is 5.82 Å². The Morgan fingerprint density at radius 3 is 3.07 bits per heavy atom. The molecular weight excluding hydrogens is 280 g/mol. The molecular formula is C8H9BrN4OS. The standard InChI is InChI=1S/C8H9BrN4OS/c9-6-1-11-7(2-10-6)13-8(14)5-3-15-4-12-5/h1-2,5,12H,3-4H2,(H,11,13,14). The van der Waals surface area contributed by atoms with E-state index in [0.717, 1.165) is 11.6 Å². The molecule has 1 aromatic rings. The molecule has 7 heteroatoms. The average Bonchev–Trinajstić information content (AvgIpc) is 2.74. The maximum Gasteiger partial charge on any atom is 0.243 e. The second kappa shape index (κ2) is 4.91. The lowest BCUT2D eigenvalue weighted by Crippen LogP contribution is -2.37. The van der Waals surface area contributed by atoms with Gasteiger partial charge in [-0.25, -0.2) is 9.97 Å². The van der Waals surface area contributed by atoms with Crippen molar-refractivity contribution in [1.29, 1.82) is 0 Å². The lowest BCUT2D eigenvalue weighted by atomic mass is 10.3. The summed E-state index contributed by atoms with van der Waals surface area (Å²) in [6.07, 6.45) is 3.07. The normalized spacial score (nSPS) is 20.2. The van der Waals surface area contributed by atoms with Crippen molar-refractivity contribution in [2.75, 3.05) is 16.9 Å². The second-order valence-corrected chi connectivity index (χ2v) is 4.83. The predicted molar refractivity (Wildman–Crippen MR) is 62.6 cm³/mol. The zero-order valence-electron chi connectivity index (χ0n) is 7.74. The van der Waals surface area contributed by atoms with E-state index in [0.29, 0.717) is 10.4 Å². The van der Waals surface area contributed by atoms with E-state index in [1.807, 2.05) is 0 Å². The smallest absolute Gasteiger partial charge is 0.243 e. The molecule has 1 unspecified atom stereocenters. The molecule has 1 fully saturated rings. The summed E-state index contributed by atoms with van der Waals surface area (Å²) in [5.41, 5.74) is 0. The molecule has 1 atom stereocenters. The van der Waals surface area contributed by atoms with E-state index in [1.54, 1.807) is 18.0 Å². The molecule has 2 heterocycles. The molecule has 0 spiro atoms. The number of amides is 1. The number of carbonyl (C=O) groups excluding carboxylic acids is 1. The van der Waals surface area contributed by atoms with Crippen LogP contribution in [0.3, 0.4) is 0 Å². The molecule has 1 amide bonds. The Morgan fingerprint density at radius 2 is 2.47 bits per heavy atom. The highest BCUT2D eigenvalue weighted by Crippen LogP contribution is 2.12. The van der Waals surface area contributed by atoms with Crippen molar-refractivity contribution in [3.63, 3.8) is 0 Å². The van der Waals surface area contributed by atoms with Gasteiger partial charge < -0.3 is 5.32 Å². The van der Waals surface area contributed by atoms with E-state index in [9.17, 15) is 4.79 Å². The van der Waals surface area contributed by atoms with Crippen LogP contribution >= 0.6 is 27.7 Å². The maximum absolute atomic E-state index is 11.6. The molecule has 0 saturated carbocycles. The van der Waals surface area contributed by atoms with Crippen LogP contribution in [-0.2, 0) is 4.79 Å². The molecule has 15 heavy (non-hydrogen) atoms. The van der Waals surface area contributed by atoms with Crippen molar-refractivity contribution in [3.05, 3.63) is 17.0 Å². The van der Waals surface area contributed by atoms with Crippen LogP contribution in [0.15, 0.2) is 17.0 Å². The summed E-state index contributed by atoms with van der Waals surface area (Å²) in [6, 6.07) is -0.125. The van der Waals surface area contributed by atoms with Gasteiger partial charge in [-0.3, -0.25) is 10.1 Å². The van der Waals surface area contributed by atoms with Crippen molar-refractivity contribution in [3.8, 4) is 0 Å². The van der Waals surface area contributed by atoms with Crippen molar-refractivity contribution >= 4 is 39.4 Å². The highest BCUT2D eigenvalue weighted by molar-refractivity contribution is 9.10. The largest absolute Gasteiger partial charge is 0.308 e. The number of nitrogens with one attached hydrogen (secondary N) is 2. The minimum absolute atomic E-state index is 0.0587. The number of hydrogen-bond acceptors (Lipinski definition) is 5. The van der Waals surface area contributed by atoms with Crippen LogP contribution in [0.1, 0.15) is 0 Å². The zero-order valence-corrected chi connectivity index (χ0v) is 10.1. The Labute approximate surface area is 99.6 Å². The van der Waals surface area contributed by atoms with Gasteiger partial charge in [0, 0.05) is 11.6 Å². The Balaban J connectivity index is 1.96. The van der Waals surface area contributed by atoms with Crippen LogP contribution in [0.2, 0.25) is 0 Å². The van der Waals surface area contributed by atoms with Crippen LogP contribution in [0.25, 0.3) is 0 Å². The molecule has 0 bridgehead atoms. The molecule has 80 valence electrons. The number of thioether (sulfide) groups is 1. The van der Waals surface area contributed by atoms with Gasteiger partial charge in [-0.15, -0.1) is 11.8 Å². The molecule has 1 aromatic heterocycles. The Hall–Kier alpha value is -0.660. The van der Waals surface area contributed by atoms with Crippen LogP contribution in [0, 0.1) is 0 Å². The number of nitrogens with zero attached hydrogens (tertiary/aromatic N) is 2. The maximum atomic E-state index is 11.6. The van der Waals surface area contributed by atoms with Crippen LogP contribution < -0.4 is 10.6 Å². The lowest BCUT2D eigenvalue weighted by Gasteiger charge is -2.09. The number of aromatic nitrogens is 2. The molecule has 1 saturated heterocycles. The Morgan fingerprint density at radius 1 is 1.60 bits per heavy atom. The van der Waals surface area contributed by atoms with Crippen LogP contribution in [-0.4, -0.2) is 33.5 Å². The molecule has 0 aliphatic carbocycles. The molecule has 2 N–H and O–H groups in total. The third kappa shape index (κ3) is 2.90. The summed E-state index contributed by atoms with van der Waals surface area (Å²) in [4.78, 5) is 19.6. The molecule has 5 nitrogen and oxygen atoms in total. The fourth-order valence-corrected chi connectivity index (χ4v) is 2.30. The summed E-state index contributed by atoms with van der Waals surface area (Å²) in [7, 11) is 0. The summed E-state index contributed by atoms with van der Waals surface area (Å²) >= 11 is 4.88. The van der Waals surface area contributed by atoms with Crippen molar-refractivity contribution < 1.29 is 4.79 Å². The van der Waals surface area contributed by atoms with Gasteiger partial charge >= 0.3 is 0 Å². The monoisotopic (exact) mass is 288 g/mol.